The van der Waals surface area contributed by atoms with Crippen LogP contribution in [0.15, 0.2) is 30.3 Å². The van der Waals surface area contributed by atoms with Gasteiger partial charge in [0.05, 0.1) is 6.54 Å². The number of rotatable bonds is 3. The number of urea groups is 1. The van der Waals surface area contributed by atoms with Crippen LogP contribution in [0, 0.1) is 0 Å². The van der Waals surface area contributed by atoms with Crippen LogP contribution in [0.5, 0.6) is 0 Å². The quantitative estimate of drug-likeness (QED) is 0.870. The Morgan fingerprint density at radius 3 is 2.70 bits per heavy atom. The number of carbonyl (C=O) groups excluding carboxylic acids is 2. The van der Waals surface area contributed by atoms with E-state index >= 15 is 0 Å². The van der Waals surface area contributed by atoms with Crippen LogP contribution in [-0.4, -0.2) is 36.5 Å². The largest absolute Gasteiger partial charge is 0.352 e. The van der Waals surface area contributed by atoms with Gasteiger partial charge in [0.25, 0.3) is 0 Å². The molecule has 1 aliphatic heterocycles. The number of primary amides is 1. The van der Waals surface area contributed by atoms with E-state index in [1.807, 2.05) is 23.1 Å². The van der Waals surface area contributed by atoms with Gasteiger partial charge in [-0.15, -0.1) is 0 Å². The van der Waals surface area contributed by atoms with E-state index in [9.17, 15) is 9.59 Å². The van der Waals surface area contributed by atoms with E-state index in [1.165, 1.54) is 5.56 Å². The van der Waals surface area contributed by atoms with Crippen LogP contribution in [0.4, 0.5) is 4.79 Å². The molecule has 1 aromatic rings. The molecule has 1 aromatic carbocycles. The fourth-order valence-corrected chi connectivity index (χ4v) is 2.80. The summed E-state index contributed by atoms with van der Waals surface area (Å²) in [7, 11) is 0. The second-order valence-electron chi connectivity index (χ2n) is 5.56. The van der Waals surface area contributed by atoms with Crippen molar-refractivity contribution in [3.8, 4) is 0 Å². The van der Waals surface area contributed by atoms with Gasteiger partial charge in [-0.3, -0.25) is 4.79 Å². The van der Waals surface area contributed by atoms with Crippen LogP contribution in [0.25, 0.3) is 0 Å². The lowest BCUT2D eigenvalue weighted by atomic mass is 9.76. The maximum atomic E-state index is 12.1. The first kappa shape index (κ1) is 14.4. The van der Waals surface area contributed by atoms with Crippen molar-refractivity contribution in [3.05, 3.63) is 35.9 Å². The van der Waals surface area contributed by atoms with Crippen LogP contribution >= 0.6 is 0 Å². The van der Waals surface area contributed by atoms with Gasteiger partial charge in [-0.1, -0.05) is 37.3 Å². The van der Waals surface area contributed by atoms with Gasteiger partial charge in [-0.2, -0.15) is 0 Å². The van der Waals surface area contributed by atoms with E-state index < -0.39 is 6.03 Å². The zero-order valence-electron chi connectivity index (χ0n) is 11.8. The minimum atomic E-state index is -0.666. The molecule has 0 saturated carbocycles. The molecule has 3 amide bonds. The number of nitrogens with two attached hydrogens (primary N) is 1. The highest BCUT2D eigenvalue weighted by Gasteiger charge is 2.34. The summed E-state index contributed by atoms with van der Waals surface area (Å²) in [6.45, 7) is 3.57. The molecule has 5 nitrogen and oxygen atoms in total. The predicted octanol–water partition coefficient (Wildman–Crippen LogP) is 1.24. The van der Waals surface area contributed by atoms with E-state index in [-0.39, 0.29) is 17.9 Å². The average Bonchev–Trinajstić information content (AvgIpc) is 2.45. The molecule has 0 spiro atoms. The highest BCUT2D eigenvalue weighted by Crippen LogP contribution is 2.33. The average molecular weight is 275 g/mol. The number of piperidine rings is 1. The van der Waals surface area contributed by atoms with Gasteiger partial charge in [0, 0.05) is 18.5 Å². The van der Waals surface area contributed by atoms with Crippen LogP contribution in [-0.2, 0) is 10.2 Å². The van der Waals surface area contributed by atoms with Crippen LogP contribution in [0.3, 0.4) is 0 Å². The van der Waals surface area contributed by atoms with E-state index in [4.69, 9.17) is 5.73 Å². The van der Waals surface area contributed by atoms with E-state index in [1.54, 1.807) is 0 Å². The first-order valence-corrected chi connectivity index (χ1v) is 6.88. The van der Waals surface area contributed by atoms with Gasteiger partial charge < -0.3 is 16.0 Å². The molecule has 0 aliphatic carbocycles. The second-order valence-corrected chi connectivity index (χ2v) is 5.56. The number of nitrogens with one attached hydrogen (secondary N) is 1. The summed E-state index contributed by atoms with van der Waals surface area (Å²) in [5, 5.41) is 2.36. The molecule has 5 heteroatoms. The fraction of sp³-hybridized carbons (Fsp3) is 0.467. The molecule has 20 heavy (non-hydrogen) atoms. The third-order valence-corrected chi connectivity index (χ3v) is 3.93. The highest BCUT2D eigenvalue weighted by atomic mass is 16.2. The lowest BCUT2D eigenvalue weighted by molar-refractivity contribution is -0.132. The van der Waals surface area contributed by atoms with Crippen molar-refractivity contribution in [2.24, 2.45) is 5.73 Å². The van der Waals surface area contributed by atoms with Crippen molar-refractivity contribution < 1.29 is 9.59 Å². The summed E-state index contributed by atoms with van der Waals surface area (Å²) < 4.78 is 0. The van der Waals surface area contributed by atoms with Crippen molar-refractivity contribution >= 4 is 11.9 Å². The van der Waals surface area contributed by atoms with Crippen molar-refractivity contribution in [3.63, 3.8) is 0 Å². The van der Waals surface area contributed by atoms with Gasteiger partial charge in [-0.05, 0) is 18.4 Å². The van der Waals surface area contributed by atoms with Crippen molar-refractivity contribution in [2.75, 3.05) is 19.6 Å². The minimum absolute atomic E-state index is 0.0259. The topological polar surface area (TPSA) is 75.4 Å². The number of hydrogen-bond donors (Lipinski definition) is 2. The Bertz CT molecular complexity index is 489. The van der Waals surface area contributed by atoms with Gasteiger partial charge in [-0.25, -0.2) is 4.79 Å². The molecule has 0 unspecified atom stereocenters. The minimum Gasteiger partial charge on any atom is -0.352 e. The number of amides is 3. The zero-order chi connectivity index (χ0) is 14.6. The predicted molar refractivity (Wildman–Crippen MR) is 77.2 cm³/mol. The molecule has 1 heterocycles. The molecule has 108 valence electrons. The smallest absolute Gasteiger partial charge is 0.312 e. The monoisotopic (exact) mass is 275 g/mol. The van der Waals surface area contributed by atoms with Crippen molar-refractivity contribution in [1.29, 1.82) is 0 Å². The summed E-state index contributed by atoms with van der Waals surface area (Å²) in [6, 6.07) is 9.59. The summed E-state index contributed by atoms with van der Waals surface area (Å²) in [6.07, 6.45) is 2.03. The SMILES string of the molecule is C[C@@]1(c2ccccc2)CCCN(C(=O)CNC(N)=O)C1. The lowest BCUT2D eigenvalue weighted by Crippen LogP contribution is -2.50. The summed E-state index contributed by atoms with van der Waals surface area (Å²) in [5.41, 5.74) is 6.22. The summed E-state index contributed by atoms with van der Waals surface area (Å²) in [5.74, 6) is -0.0781. The Labute approximate surface area is 119 Å². The summed E-state index contributed by atoms with van der Waals surface area (Å²) in [4.78, 5) is 24.6. The van der Waals surface area contributed by atoms with Crippen molar-refractivity contribution in [2.45, 2.75) is 25.2 Å². The standard InChI is InChI=1S/C15H21N3O2/c1-15(12-6-3-2-4-7-12)8-5-9-18(11-15)13(19)10-17-14(16)20/h2-4,6-7H,5,8-11H2,1H3,(H3,16,17,20)/t15-/m1/s1. The molecule has 1 atom stereocenters. The van der Waals surface area contributed by atoms with Gasteiger partial charge in [0.1, 0.15) is 0 Å². The van der Waals surface area contributed by atoms with E-state index in [0.29, 0.717) is 6.54 Å². The first-order chi connectivity index (χ1) is 9.51. The number of likely N-dealkylation sites (tertiary alicyclic amines) is 1. The van der Waals surface area contributed by atoms with Crippen molar-refractivity contribution in [1.82, 2.24) is 10.2 Å². The summed E-state index contributed by atoms with van der Waals surface area (Å²) >= 11 is 0. The molecule has 1 saturated heterocycles. The fourth-order valence-electron chi connectivity index (χ4n) is 2.80. The number of carbonyl (C=O) groups is 2. The van der Waals surface area contributed by atoms with E-state index in [2.05, 4.69) is 24.4 Å². The molecule has 0 bridgehead atoms. The van der Waals surface area contributed by atoms with Crippen LogP contribution < -0.4 is 11.1 Å². The van der Waals surface area contributed by atoms with Gasteiger partial charge >= 0.3 is 6.03 Å². The molecular weight excluding hydrogens is 254 g/mol. The van der Waals surface area contributed by atoms with Crippen LogP contribution in [0.1, 0.15) is 25.3 Å². The molecule has 0 radical (unpaired) electrons. The van der Waals surface area contributed by atoms with Gasteiger partial charge in [0.2, 0.25) is 5.91 Å². The Kier molecular flexibility index (Phi) is 4.27. The normalized spacial score (nSPS) is 22.4. The maximum absolute atomic E-state index is 12.1. The van der Waals surface area contributed by atoms with Crippen LogP contribution in [0.2, 0.25) is 0 Å². The Hall–Kier alpha value is -2.04. The molecule has 1 aliphatic rings. The van der Waals surface area contributed by atoms with E-state index in [0.717, 1.165) is 19.4 Å². The maximum Gasteiger partial charge on any atom is 0.312 e. The molecule has 2 rings (SSSR count). The van der Waals surface area contributed by atoms with Gasteiger partial charge in [0.15, 0.2) is 0 Å². The number of benzene rings is 1. The molecular formula is C15H21N3O2. The Balaban J connectivity index is 2.04. The second kappa shape index (κ2) is 5.94. The third-order valence-electron chi connectivity index (χ3n) is 3.93. The number of nitrogens with zero attached hydrogens (tertiary/aromatic N) is 1. The zero-order valence-corrected chi connectivity index (χ0v) is 11.8. The Morgan fingerprint density at radius 1 is 1.35 bits per heavy atom. The third kappa shape index (κ3) is 3.29. The molecule has 0 aromatic heterocycles. The highest BCUT2D eigenvalue weighted by molar-refractivity contribution is 5.83. The molecule has 1 fully saturated rings. The Morgan fingerprint density at radius 2 is 2.05 bits per heavy atom. The lowest BCUT2D eigenvalue weighted by Gasteiger charge is -2.41. The molecule has 3 N–H and O–H groups in total. The first-order valence-electron chi connectivity index (χ1n) is 6.88. The number of hydrogen-bond acceptors (Lipinski definition) is 2.